The van der Waals surface area contributed by atoms with Gasteiger partial charge in [0.15, 0.2) is 0 Å². The number of aliphatic hydroxyl groups excluding tert-OH is 1. The number of nitrogens with zero attached hydrogens (tertiary/aromatic N) is 1. The van der Waals surface area contributed by atoms with Gasteiger partial charge in [0.25, 0.3) is 0 Å². The van der Waals surface area contributed by atoms with Crippen molar-refractivity contribution in [3.63, 3.8) is 0 Å². The molecule has 1 rings (SSSR count). The SMILES string of the molecule is CCC#C[C@H](O)C=C[C@H]1CCC(=O)N1CCCCCCC(=O)O. The number of aliphatic carboxylic acids is 1. The Kier molecular flexibility index (Phi) is 9.08. The molecule has 1 saturated heterocycles. The fourth-order valence-electron chi connectivity index (χ4n) is 2.65. The van der Waals surface area contributed by atoms with Gasteiger partial charge in [-0.3, -0.25) is 9.59 Å². The Morgan fingerprint density at radius 1 is 1.39 bits per heavy atom. The van der Waals surface area contributed by atoms with E-state index in [1.54, 1.807) is 6.08 Å². The zero-order chi connectivity index (χ0) is 17.1. The third kappa shape index (κ3) is 7.85. The lowest BCUT2D eigenvalue weighted by Crippen LogP contribution is -2.32. The predicted octanol–water partition coefficient (Wildman–Crippen LogP) is 2.34. The molecule has 5 nitrogen and oxygen atoms in total. The van der Waals surface area contributed by atoms with Crippen LogP contribution in [0.5, 0.6) is 0 Å². The van der Waals surface area contributed by atoms with Crippen LogP contribution in [0.3, 0.4) is 0 Å². The average Bonchev–Trinajstić information content (AvgIpc) is 2.86. The van der Waals surface area contributed by atoms with Crippen molar-refractivity contribution in [1.29, 1.82) is 0 Å². The number of carboxylic acids is 1. The van der Waals surface area contributed by atoms with E-state index in [2.05, 4.69) is 11.8 Å². The van der Waals surface area contributed by atoms with E-state index in [-0.39, 0.29) is 18.4 Å². The van der Waals surface area contributed by atoms with E-state index in [1.165, 1.54) is 0 Å². The molecular formula is C18H27NO4. The number of likely N-dealkylation sites (tertiary alicyclic amines) is 1. The van der Waals surface area contributed by atoms with E-state index in [4.69, 9.17) is 5.11 Å². The summed E-state index contributed by atoms with van der Waals surface area (Å²) in [4.78, 5) is 24.2. The van der Waals surface area contributed by atoms with Gasteiger partial charge in [-0.2, -0.15) is 0 Å². The molecule has 0 spiro atoms. The predicted molar refractivity (Wildman–Crippen MR) is 88.7 cm³/mol. The van der Waals surface area contributed by atoms with E-state index < -0.39 is 12.1 Å². The summed E-state index contributed by atoms with van der Waals surface area (Å²) in [5.41, 5.74) is 0. The van der Waals surface area contributed by atoms with Crippen LogP contribution in [0.4, 0.5) is 0 Å². The van der Waals surface area contributed by atoms with Gasteiger partial charge in [-0.15, -0.1) is 5.92 Å². The van der Waals surface area contributed by atoms with Crippen LogP contribution in [0.25, 0.3) is 0 Å². The smallest absolute Gasteiger partial charge is 0.303 e. The molecule has 5 heteroatoms. The van der Waals surface area contributed by atoms with E-state index in [1.807, 2.05) is 17.9 Å². The van der Waals surface area contributed by atoms with Gasteiger partial charge < -0.3 is 15.1 Å². The van der Waals surface area contributed by atoms with Crippen LogP contribution in [0.15, 0.2) is 12.2 Å². The molecule has 0 unspecified atom stereocenters. The van der Waals surface area contributed by atoms with E-state index >= 15 is 0 Å². The fraction of sp³-hybridized carbons (Fsp3) is 0.667. The molecule has 2 atom stereocenters. The van der Waals surface area contributed by atoms with Crippen molar-refractivity contribution in [2.45, 2.75) is 70.4 Å². The van der Waals surface area contributed by atoms with Crippen molar-refractivity contribution >= 4 is 11.9 Å². The molecule has 0 aliphatic carbocycles. The maximum absolute atomic E-state index is 11.9. The molecule has 0 aromatic rings. The van der Waals surface area contributed by atoms with Gasteiger partial charge in [-0.25, -0.2) is 0 Å². The number of unbranched alkanes of at least 4 members (excludes halogenated alkanes) is 3. The highest BCUT2D eigenvalue weighted by atomic mass is 16.4. The first-order valence-corrected chi connectivity index (χ1v) is 8.40. The number of carbonyl (C=O) groups excluding carboxylic acids is 1. The highest BCUT2D eigenvalue weighted by Crippen LogP contribution is 2.21. The number of carboxylic acid groups (broad SMARTS) is 1. The van der Waals surface area contributed by atoms with Crippen molar-refractivity contribution in [3.05, 3.63) is 12.2 Å². The minimum atomic E-state index is -0.775. The van der Waals surface area contributed by atoms with Crippen LogP contribution in [-0.4, -0.2) is 45.7 Å². The van der Waals surface area contributed by atoms with Crippen molar-refractivity contribution in [1.82, 2.24) is 4.90 Å². The second-order valence-corrected chi connectivity index (χ2v) is 5.76. The zero-order valence-electron chi connectivity index (χ0n) is 13.8. The summed E-state index contributed by atoms with van der Waals surface area (Å²) >= 11 is 0. The summed E-state index contributed by atoms with van der Waals surface area (Å²) in [6.07, 6.45) is 8.39. The molecule has 0 saturated carbocycles. The second kappa shape index (κ2) is 10.8. The molecule has 128 valence electrons. The molecule has 0 bridgehead atoms. The van der Waals surface area contributed by atoms with E-state index in [0.717, 1.165) is 25.7 Å². The quantitative estimate of drug-likeness (QED) is 0.388. The summed E-state index contributed by atoms with van der Waals surface area (Å²) in [6, 6.07) is 0.0413. The first kappa shape index (κ1) is 19.2. The molecule has 1 heterocycles. The lowest BCUT2D eigenvalue weighted by molar-refractivity contribution is -0.137. The van der Waals surface area contributed by atoms with Crippen molar-refractivity contribution in [3.8, 4) is 11.8 Å². The Labute approximate surface area is 138 Å². The van der Waals surface area contributed by atoms with Gasteiger partial charge in [-0.05, 0) is 25.3 Å². The van der Waals surface area contributed by atoms with Crippen molar-refractivity contribution in [2.75, 3.05) is 6.54 Å². The normalized spacial score (nSPS) is 19.0. The fourth-order valence-corrected chi connectivity index (χ4v) is 2.65. The highest BCUT2D eigenvalue weighted by Gasteiger charge is 2.28. The summed E-state index contributed by atoms with van der Waals surface area (Å²) in [7, 11) is 0. The van der Waals surface area contributed by atoms with Crippen LogP contribution in [0.2, 0.25) is 0 Å². The van der Waals surface area contributed by atoms with Crippen molar-refractivity contribution < 1.29 is 19.8 Å². The second-order valence-electron chi connectivity index (χ2n) is 5.76. The Balaban J connectivity index is 2.35. The van der Waals surface area contributed by atoms with Crippen LogP contribution in [0.1, 0.15) is 58.3 Å². The molecule has 1 fully saturated rings. The molecule has 23 heavy (non-hydrogen) atoms. The monoisotopic (exact) mass is 321 g/mol. The Morgan fingerprint density at radius 3 is 2.83 bits per heavy atom. The number of aliphatic hydroxyl groups is 1. The standard InChI is InChI=1S/C18H27NO4/c1-2-3-8-16(20)12-10-15-11-13-17(21)19(15)14-7-5-4-6-9-18(22)23/h10,12,15-16,20H,2,4-7,9,11,13-14H2,1H3,(H,22,23)/t15-,16-/m0/s1. The van der Waals surface area contributed by atoms with Crippen LogP contribution < -0.4 is 0 Å². The largest absolute Gasteiger partial charge is 0.481 e. The first-order chi connectivity index (χ1) is 11.0. The summed E-state index contributed by atoms with van der Waals surface area (Å²) < 4.78 is 0. The van der Waals surface area contributed by atoms with Gasteiger partial charge in [-0.1, -0.05) is 31.8 Å². The number of hydrogen-bond acceptors (Lipinski definition) is 3. The van der Waals surface area contributed by atoms with Gasteiger partial charge in [0.05, 0.1) is 6.04 Å². The molecule has 0 aromatic carbocycles. The van der Waals surface area contributed by atoms with Crippen LogP contribution in [0, 0.1) is 11.8 Å². The Bertz CT molecular complexity index is 475. The number of rotatable bonds is 9. The van der Waals surface area contributed by atoms with E-state index in [0.29, 0.717) is 25.8 Å². The maximum Gasteiger partial charge on any atom is 0.303 e. The topological polar surface area (TPSA) is 77.8 Å². The minimum Gasteiger partial charge on any atom is -0.481 e. The maximum atomic E-state index is 11.9. The van der Waals surface area contributed by atoms with Gasteiger partial charge in [0.2, 0.25) is 5.91 Å². The summed E-state index contributed by atoms with van der Waals surface area (Å²) in [5.74, 6) is 4.95. The van der Waals surface area contributed by atoms with Gasteiger partial charge >= 0.3 is 5.97 Å². The van der Waals surface area contributed by atoms with Crippen molar-refractivity contribution in [2.24, 2.45) is 0 Å². The molecule has 2 N–H and O–H groups in total. The van der Waals surface area contributed by atoms with Gasteiger partial charge in [0.1, 0.15) is 6.10 Å². The lowest BCUT2D eigenvalue weighted by atomic mass is 10.1. The Morgan fingerprint density at radius 2 is 2.13 bits per heavy atom. The third-order valence-corrected chi connectivity index (χ3v) is 3.86. The third-order valence-electron chi connectivity index (χ3n) is 3.86. The Hall–Kier alpha value is -1.80. The summed E-state index contributed by atoms with van der Waals surface area (Å²) in [5, 5.41) is 18.3. The van der Waals surface area contributed by atoms with Gasteiger partial charge in [0, 0.05) is 25.8 Å². The average molecular weight is 321 g/mol. The minimum absolute atomic E-state index is 0.0413. The van der Waals surface area contributed by atoms with Crippen LogP contribution >= 0.6 is 0 Å². The lowest BCUT2D eigenvalue weighted by Gasteiger charge is -2.22. The molecule has 1 amide bonds. The zero-order valence-corrected chi connectivity index (χ0v) is 13.8. The number of hydrogen-bond donors (Lipinski definition) is 2. The number of carbonyl (C=O) groups is 2. The first-order valence-electron chi connectivity index (χ1n) is 8.40. The highest BCUT2D eigenvalue weighted by molar-refractivity contribution is 5.79. The molecule has 0 radical (unpaired) electrons. The van der Waals surface area contributed by atoms with Crippen LogP contribution in [-0.2, 0) is 9.59 Å². The summed E-state index contributed by atoms with van der Waals surface area (Å²) in [6.45, 7) is 2.62. The molecule has 0 aromatic heterocycles. The number of amides is 1. The molecular weight excluding hydrogens is 294 g/mol. The molecule has 1 aliphatic heterocycles. The van der Waals surface area contributed by atoms with E-state index in [9.17, 15) is 14.7 Å². The molecule has 1 aliphatic rings.